The molecule has 2 fully saturated rings. The molecule has 1 aromatic rings. The number of hydrogen-bond acceptors (Lipinski definition) is 5. The number of hydrogen-bond donors (Lipinski definition) is 2. The van der Waals surface area contributed by atoms with Gasteiger partial charge in [0.15, 0.2) is 5.96 Å². The number of aromatic nitrogens is 1. The highest BCUT2D eigenvalue weighted by molar-refractivity contribution is 14.0. The minimum Gasteiger partial charge on any atom is -0.376 e. The van der Waals surface area contributed by atoms with E-state index in [0.29, 0.717) is 25.4 Å². The van der Waals surface area contributed by atoms with Gasteiger partial charge >= 0.3 is 0 Å². The Kier molecular flexibility index (Phi) is 11.5. The van der Waals surface area contributed by atoms with Crippen LogP contribution in [0, 0.1) is 6.92 Å². The molecule has 0 spiro atoms. The van der Waals surface area contributed by atoms with Gasteiger partial charge in [0.2, 0.25) is 5.91 Å². The highest BCUT2D eigenvalue weighted by atomic mass is 127. The molecule has 0 saturated carbocycles. The Labute approximate surface area is 202 Å². The summed E-state index contributed by atoms with van der Waals surface area (Å²) in [6, 6.07) is 5.58. The van der Waals surface area contributed by atoms with Gasteiger partial charge in [-0.2, -0.15) is 0 Å². The average molecular weight is 545 g/mol. The number of aliphatic imine (C=N–C) groups is 1. The van der Waals surface area contributed by atoms with Gasteiger partial charge in [0.05, 0.1) is 18.8 Å². The fourth-order valence-corrected chi connectivity index (χ4v) is 3.85. The summed E-state index contributed by atoms with van der Waals surface area (Å²) >= 11 is 0. The van der Waals surface area contributed by atoms with Gasteiger partial charge in [-0.1, -0.05) is 6.07 Å². The zero-order valence-electron chi connectivity index (χ0n) is 18.6. The molecular formula is C22H36IN5O3. The van der Waals surface area contributed by atoms with Gasteiger partial charge in [0, 0.05) is 45.4 Å². The van der Waals surface area contributed by atoms with Crippen LogP contribution < -0.4 is 10.6 Å². The minimum absolute atomic E-state index is 0. The van der Waals surface area contributed by atoms with Gasteiger partial charge in [-0.15, -0.1) is 24.0 Å². The van der Waals surface area contributed by atoms with Crippen LogP contribution in [0.4, 0.5) is 5.82 Å². The van der Waals surface area contributed by atoms with Crippen molar-refractivity contribution in [3.05, 3.63) is 23.9 Å². The van der Waals surface area contributed by atoms with Crippen LogP contribution in [0.15, 0.2) is 23.2 Å². The number of rotatable bonds is 7. The molecule has 3 heterocycles. The molecule has 174 valence electrons. The summed E-state index contributed by atoms with van der Waals surface area (Å²) in [7, 11) is 1.78. The Balaban J connectivity index is 0.00000341. The van der Waals surface area contributed by atoms with E-state index in [9.17, 15) is 4.79 Å². The first kappa shape index (κ1) is 25.8. The van der Waals surface area contributed by atoms with Gasteiger partial charge in [-0.25, -0.2) is 4.98 Å². The van der Waals surface area contributed by atoms with Crippen molar-refractivity contribution < 1.29 is 14.3 Å². The van der Waals surface area contributed by atoms with Crippen molar-refractivity contribution in [2.45, 2.75) is 57.7 Å². The van der Waals surface area contributed by atoms with Gasteiger partial charge in [-0.05, 0) is 51.2 Å². The normalized spacial score (nSPS) is 20.1. The second-order valence-electron chi connectivity index (χ2n) is 7.94. The van der Waals surface area contributed by atoms with Crippen LogP contribution in [-0.2, 0) is 14.3 Å². The van der Waals surface area contributed by atoms with Crippen molar-refractivity contribution in [3.63, 3.8) is 0 Å². The molecule has 2 aliphatic heterocycles. The fraction of sp³-hybridized carbons (Fsp3) is 0.682. The molecule has 8 nitrogen and oxygen atoms in total. The third-order valence-electron chi connectivity index (χ3n) is 5.54. The maximum Gasteiger partial charge on any atom is 0.227 e. The Bertz CT molecular complexity index is 704. The van der Waals surface area contributed by atoms with Crippen molar-refractivity contribution in [3.8, 4) is 0 Å². The molecular weight excluding hydrogens is 509 g/mol. The Morgan fingerprint density at radius 1 is 1.29 bits per heavy atom. The van der Waals surface area contributed by atoms with Gasteiger partial charge in [0.25, 0.3) is 0 Å². The molecule has 9 heteroatoms. The van der Waals surface area contributed by atoms with E-state index < -0.39 is 0 Å². The van der Waals surface area contributed by atoms with E-state index in [1.54, 1.807) is 13.1 Å². The largest absolute Gasteiger partial charge is 0.376 e. The SMILES string of the molecule is CN=C(NCCC(=O)Nc1cccc(C)n1)N1CCC(OCC2CCCCO2)CC1.I. The van der Waals surface area contributed by atoms with E-state index in [-0.39, 0.29) is 42.1 Å². The number of guanidine groups is 1. The first-order valence-corrected chi connectivity index (χ1v) is 11.1. The first-order chi connectivity index (χ1) is 14.6. The molecule has 31 heavy (non-hydrogen) atoms. The third-order valence-corrected chi connectivity index (χ3v) is 5.54. The lowest BCUT2D eigenvalue weighted by atomic mass is 10.1. The third kappa shape index (κ3) is 8.89. The topological polar surface area (TPSA) is 88.1 Å². The van der Waals surface area contributed by atoms with Crippen LogP contribution in [0.3, 0.4) is 0 Å². The van der Waals surface area contributed by atoms with Crippen molar-refractivity contribution in [1.29, 1.82) is 0 Å². The number of likely N-dealkylation sites (tertiary alicyclic amines) is 1. The summed E-state index contributed by atoms with van der Waals surface area (Å²) in [4.78, 5) is 23.0. The summed E-state index contributed by atoms with van der Waals surface area (Å²) in [6.07, 6.45) is 6.41. The number of carbonyl (C=O) groups excluding carboxylic acids is 1. The molecule has 2 saturated heterocycles. The Morgan fingerprint density at radius 3 is 2.77 bits per heavy atom. The number of ether oxygens (including phenoxy) is 2. The minimum atomic E-state index is -0.0620. The number of nitrogens with one attached hydrogen (secondary N) is 2. The lowest BCUT2D eigenvalue weighted by Crippen LogP contribution is -2.47. The van der Waals surface area contributed by atoms with Crippen LogP contribution in [0.1, 0.15) is 44.2 Å². The number of pyridine rings is 1. The molecule has 1 aromatic heterocycles. The standard InChI is InChI=1S/C22H35N5O3.HI/c1-17-6-5-8-20(25-17)26-21(28)9-12-24-22(23-2)27-13-10-18(11-14-27)30-16-19-7-3-4-15-29-19;/h5-6,8,18-19H,3-4,7,9-16H2,1-2H3,(H,23,24)(H,25,26,28);1H. The van der Waals surface area contributed by atoms with Crippen molar-refractivity contribution in [1.82, 2.24) is 15.2 Å². The molecule has 2 N–H and O–H groups in total. The number of amides is 1. The molecule has 1 amide bonds. The number of aryl methyl sites for hydroxylation is 1. The summed E-state index contributed by atoms with van der Waals surface area (Å²) in [5, 5.41) is 6.13. The monoisotopic (exact) mass is 545 g/mol. The van der Waals surface area contributed by atoms with Crippen molar-refractivity contribution in [2.24, 2.45) is 4.99 Å². The van der Waals surface area contributed by atoms with Crippen LogP contribution >= 0.6 is 24.0 Å². The van der Waals surface area contributed by atoms with Gasteiger partial charge in [-0.3, -0.25) is 9.79 Å². The lowest BCUT2D eigenvalue weighted by Gasteiger charge is -2.35. The molecule has 0 aromatic carbocycles. The average Bonchev–Trinajstić information content (AvgIpc) is 2.76. The summed E-state index contributed by atoms with van der Waals surface area (Å²) < 4.78 is 11.8. The molecule has 2 aliphatic rings. The molecule has 1 atom stereocenters. The van der Waals surface area contributed by atoms with Crippen molar-refractivity contribution in [2.75, 3.05) is 45.2 Å². The smallest absolute Gasteiger partial charge is 0.227 e. The van der Waals surface area contributed by atoms with Crippen LogP contribution in [0.2, 0.25) is 0 Å². The maximum absolute atomic E-state index is 12.1. The zero-order valence-corrected chi connectivity index (χ0v) is 21.0. The van der Waals surface area contributed by atoms with Crippen LogP contribution in [-0.4, -0.2) is 73.9 Å². The molecule has 0 bridgehead atoms. The van der Waals surface area contributed by atoms with E-state index in [2.05, 4.69) is 25.5 Å². The number of anilines is 1. The number of nitrogens with zero attached hydrogens (tertiary/aromatic N) is 3. The number of halogens is 1. The van der Waals surface area contributed by atoms with E-state index in [0.717, 1.165) is 50.6 Å². The quantitative estimate of drug-likeness (QED) is 0.311. The van der Waals surface area contributed by atoms with E-state index in [4.69, 9.17) is 9.47 Å². The first-order valence-electron chi connectivity index (χ1n) is 11.1. The lowest BCUT2D eigenvalue weighted by molar-refractivity contribution is -0.116. The molecule has 0 aliphatic carbocycles. The highest BCUT2D eigenvalue weighted by Crippen LogP contribution is 2.18. The molecule has 1 unspecified atom stereocenters. The summed E-state index contributed by atoms with van der Waals surface area (Å²) in [6.45, 7) is 5.81. The van der Waals surface area contributed by atoms with E-state index in [1.165, 1.54) is 12.8 Å². The van der Waals surface area contributed by atoms with Gasteiger partial charge in [0.1, 0.15) is 5.82 Å². The predicted octanol–water partition coefficient (Wildman–Crippen LogP) is 2.96. The Morgan fingerprint density at radius 2 is 2.10 bits per heavy atom. The Hall–Kier alpha value is -1.46. The fourth-order valence-electron chi connectivity index (χ4n) is 3.85. The number of piperidine rings is 1. The van der Waals surface area contributed by atoms with Crippen LogP contribution in [0.5, 0.6) is 0 Å². The van der Waals surface area contributed by atoms with Crippen LogP contribution in [0.25, 0.3) is 0 Å². The molecule has 0 radical (unpaired) electrons. The van der Waals surface area contributed by atoms with E-state index >= 15 is 0 Å². The number of carbonyl (C=O) groups is 1. The molecule has 3 rings (SSSR count). The summed E-state index contributed by atoms with van der Waals surface area (Å²) in [5.41, 5.74) is 0.880. The predicted molar refractivity (Wildman–Crippen MR) is 133 cm³/mol. The van der Waals surface area contributed by atoms with Crippen molar-refractivity contribution >= 4 is 41.7 Å². The van der Waals surface area contributed by atoms with Gasteiger partial charge < -0.3 is 25.0 Å². The van der Waals surface area contributed by atoms with E-state index in [1.807, 2.05) is 19.1 Å². The summed E-state index contributed by atoms with van der Waals surface area (Å²) in [5.74, 6) is 1.36. The maximum atomic E-state index is 12.1. The zero-order chi connectivity index (χ0) is 21.2. The second kappa shape index (κ2) is 13.8. The highest BCUT2D eigenvalue weighted by Gasteiger charge is 2.23. The second-order valence-corrected chi connectivity index (χ2v) is 7.94.